The summed E-state index contributed by atoms with van der Waals surface area (Å²) in [4.78, 5) is 7.39. The van der Waals surface area contributed by atoms with Crippen LogP contribution in [0.25, 0.3) is 0 Å². The number of rotatable bonds is 4. The average Bonchev–Trinajstić information content (AvgIpc) is 3.04. The standard InChI is InChI=1S/C16H27N3O/c1-12(2)18-5-3-13(9-18)7-15-10-19-6-4-14(11-20)8-16(19)17-15/h10,12-14,20H,3-9,11H2,1-2H3. The van der Waals surface area contributed by atoms with E-state index >= 15 is 0 Å². The van der Waals surface area contributed by atoms with Crippen molar-refractivity contribution >= 4 is 0 Å². The first-order chi connectivity index (χ1) is 9.65. The van der Waals surface area contributed by atoms with E-state index in [2.05, 4.69) is 29.5 Å². The SMILES string of the molecule is CC(C)N1CCC(Cc2cn3c(n2)CC(CO)CC3)C1. The molecular formula is C16H27N3O. The second kappa shape index (κ2) is 5.86. The molecular weight excluding hydrogens is 250 g/mol. The summed E-state index contributed by atoms with van der Waals surface area (Å²) >= 11 is 0. The minimum absolute atomic E-state index is 0.300. The summed E-state index contributed by atoms with van der Waals surface area (Å²) in [6.45, 7) is 8.35. The third-order valence-electron chi connectivity index (χ3n) is 4.96. The molecule has 0 amide bonds. The van der Waals surface area contributed by atoms with Crippen molar-refractivity contribution in [3.63, 3.8) is 0 Å². The van der Waals surface area contributed by atoms with E-state index in [4.69, 9.17) is 4.98 Å². The Hall–Kier alpha value is -0.870. The van der Waals surface area contributed by atoms with Crippen molar-refractivity contribution in [3.05, 3.63) is 17.7 Å². The Morgan fingerprint density at radius 1 is 1.30 bits per heavy atom. The van der Waals surface area contributed by atoms with Gasteiger partial charge in [-0.3, -0.25) is 0 Å². The van der Waals surface area contributed by atoms with Crippen LogP contribution in [0.15, 0.2) is 6.20 Å². The molecule has 0 bridgehead atoms. The molecule has 4 heteroatoms. The van der Waals surface area contributed by atoms with Crippen molar-refractivity contribution in [2.24, 2.45) is 11.8 Å². The predicted molar refractivity (Wildman–Crippen MR) is 79.6 cm³/mol. The molecule has 3 rings (SSSR count). The quantitative estimate of drug-likeness (QED) is 0.911. The topological polar surface area (TPSA) is 41.3 Å². The molecule has 2 atom stereocenters. The number of likely N-dealkylation sites (tertiary alicyclic amines) is 1. The second-order valence-electron chi connectivity index (χ2n) is 6.83. The van der Waals surface area contributed by atoms with Crippen LogP contribution in [0.1, 0.15) is 38.2 Å². The van der Waals surface area contributed by atoms with Crippen molar-refractivity contribution in [3.8, 4) is 0 Å². The predicted octanol–water partition coefficient (Wildman–Crippen LogP) is 1.71. The minimum Gasteiger partial charge on any atom is -0.396 e. The Morgan fingerprint density at radius 2 is 2.10 bits per heavy atom. The van der Waals surface area contributed by atoms with Crippen LogP contribution in [-0.4, -0.2) is 45.3 Å². The number of aryl methyl sites for hydroxylation is 1. The summed E-state index contributed by atoms with van der Waals surface area (Å²) in [5.41, 5.74) is 1.26. The molecule has 0 spiro atoms. The summed E-state index contributed by atoms with van der Waals surface area (Å²) in [7, 11) is 0. The van der Waals surface area contributed by atoms with Gasteiger partial charge in [0.1, 0.15) is 5.82 Å². The second-order valence-corrected chi connectivity index (χ2v) is 6.83. The summed E-state index contributed by atoms with van der Waals surface area (Å²) in [5.74, 6) is 2.37. The molecule has 2 aliphatic heterocycles. The summed E-state index contributed by atoms with van der Waals surface area (Å²) in [6.07, 6.45) is 6.71. The highest BCUT2D eigenvalue weighted by Crippen LogP contribution is 2.24. The van der Waals surface area contributed by atoms with Gasteiger partial charge in [0.2, 0.25) is 0 Å². The van der Waals surface area contributed by atoms with Gasteiger partial charge in [0, 0.05) is 38.4 Å². The molecule has 0 aromatic carbocycles. The number of aliphatic hydroxyl groups is 1. The molecule has 112 valence electrons. The first-order valence-electron chi connectivity index (χ1n) is 8.05. The molecule has 1 aromatic rings. The van der Waals surface area contributed by atoms with Crippen LogP contribution < -0.4 is 0 Å². The zero-order valence-electron chi connectivity index (χ0n) is 12.8. The molecule has 4 nitrogen and oxygen atoms in total. The van der Waals surface area contributed by atoms with Crippen LogP contribution in [0.5, 0.6) is 0 Å². The van der Waals surface area contributed by atoms with Gasteiger partial charge in [-0.1, -0.05) is 0 Å². The van der Waals surface area contributed by atoms with Crippen LogP contribution in [0.2, 0.25) is 0 Å². The zero-order chi connectivity index (χ0) is 14.1. The maximum Gasteiger partial charge on any atom is 0.109 e. The molecule has 3 heterocycles. The van der Waals surface area contributed by atoms with Crippen molar-refractivity contribution in [1.29, 1.82) is 0 Å². The van der Waals surface area contributed by atoms with Gasteiger partial charge in [0.05, 0.1) is 5.69 Å². The van der Waals surface area contributed by atoms with Gasteiger partial charge in [0.25, 0.3) is 0 Å². The molecule has 20 heavy (non-hydrogen) atoms. The van der Waals surface area contributed by atoms with Crippen molar-refractivity contribution in [2.75, 3.05) is 19.7 Å². The lowest BCUT2D eigenvalue weighted by Gasteiger charge is -2.20. The monoisotopic (exact) mass is 277 g/mol. The van der Waals surface area contributed by atoms with Crippen molar-refractivity contribution in [1.82, 2.24) is 14.5 Å². The fourth-order valence-corrected chi connectivity index (χ4v) is 3.60. The number of hydrogen-bond acceptors (Lipinski definition) is 3. The molecule has 1 N–H and O–H groups in total. The summed E-state index contributed by atoms with van der Waals surface area (Å²) in [6, 6.07) is 0.667. The molecule has 0 saturated carbocycles. The molecule has 0 radical (unpaired) electrons. The van der Waals surface area contributed by atoms with Crippen molar-refractivity contribution < 1.29 is 5.11 Å². The largest absolute Gasteiger partial charge is 0.396 e. The lowest BCUT2D eigenvalue weighted by Crippen LogP contribution is -2.28. The molecule has 2 unspecified atom stereocenters. The Morgan fingerprint density at radius 3 is 2.80 bits per heavy atom. The highest BCUT2D eigenvalue weighted by molar-refractivity contribution is 5.08. The molecule has 1 fully saturated rings. The number of nitrogens with zero attached hydrogens (tertiary/aromatic N) is 3. The highest BCUT2D eigenvalue weighted by atomic mass is 16.3. The van der Waals surface area contributed by atoms with Gasteiger partial charge >= 0.3 is 0 Å². The fraction of sp³-hybridized carbons (Fsp3) is 0.812. The van der Waals surface area contributed by atoms with E-state index in [1.54, 1.807) is 0 Å². The number of aliphatic hydroxyl groups excluding tert-OH is 1. The molecule has 1 saturated heterocycles. The van der Waals surface area contributed by atoms with Crippen LogP contribution in [0.4, 0.5) is 0 Å². The number of imidazole rings is 1. The lowest BCUT2D eigenvalue weighted by molar-refractivity contribution is 0.199. The fourth-order valence-electron chi connectivity index (χ4n) is 3.60. The Balaban J connectivity index is 1.61. The third-order valence-corrected chi connectivity index (χ3v) is 4.96. The van der Waals surface area contributed by atoms with E-state index in [0.717, 1.165) is 31.7 Å². The molecule has 0 aliphatic carbocycles. The maximum absolute atomic E-state index is 9.29. The van der Waals surface area contributed by atoms with E-state index in [1.807, 2.05) is 0 Å². The van der Waals surface area contributed by atoms with E-state index in [1.165, 1.54) is 31.0 Å². The first kappa shape index (κ1) is 14.1. The van der Waals surface area contributed by atoms with Gasteiger partial charge in [-0.2, -0.15) is 0 Å². The maximum atomic E-state index is 9.29. The lowest BCUT2D eigenvalue weighted by atomic mass is 9.99. The number of hydrogen-bond donors (Lipinski definition) is 1. The Labute approximate surface area is 121 Å². The van der Waals surface area contributed by atoms with Gasteiger partial charge in [-0.25, -0.2) is 4.98 Å². The summed E-state index contributed by atoms with van der Waals surface area (Å²) < 4.78 is 2.30. The van der Waals surface area contributed by atoms with E-state index in [0.29, 0.717) is 18.6 Å². The first-order valence-corrected chi connectivity index (χ1v) is 8.05. The summed E-state index contributed by atoms with van der Waals surface area (Å²) in [5, 5.41) is 9.29. The smallest absolute Gasteiger partial charge is 0.109 e. The normalized spacial score (nSPS) is 27.2. The Bertz CT molecular complexity index is 455. The van der Waals surface area contributed by atoms with E-state index < -0.39 is 0 Å². The van der Waals surface area contributed by atoms with Crippen LogP contribution in [-0.2, 0) is 19.4 Å². The van der Waals surface area contributed by atoms with E-state index in [-0.39, 0.29) is 0 Å². The van der Waals surface area contributed by atoms with Crippen LogP contribution in [0, 0.1) is 11.8 Å². The van der Waals surface area contributed by atoms with Gasteiger partial charge in [-0.15, -0.1) is 0 Å². The average molecular weight is 277 g/mol. The number of aromatic nitrogens is 2. The number of fused-ring (bicyclic) bond motifs is 1. The van der Waals surface area contributed by atoms with Gasteiger partial charge in [0.15, 0.2) is 0 Å². The van der Waals surface area contributed by atoms with Crippen molar-refractivity contribution in [2.45, 2.75) is 52.1 Å². The van der Waals surface area contributed by atoms with E-state index in [9.17, 15) is 5.11 Å². The third kappa shape index (κ3) is 2.91. The molecule has 2 aliphatic rings. The zero-order valence-corrected chi connectivity index (χ0v) is 12.8. The molecule has 1 aromatic heterocycles. The highest BCUT2D eigenvalue weighted by Gasteiger charge is 2.26. The van der Waals surface area contributed by atoms with Gasteiger partial charge < -0.3 is 14.6 Å². The minimum atomic E-state index is 0.300. The van der Waals surface area contributed by atoms with Crippen LogP contribution in [0.3, 0.4) is 0 Å². The van der Waals surface area contributed by atoms with Crippen LogP contribution >= 0.6 is 0 Å². The Kier molecular flexibility index (Phi) is 4.13. The van der Waals surface area contributed by atoms with Gasteiger partial charge in [-0.05, 0) is 51.5 Å².